The van der Waals surface area contributed by atoms with Gasteiger partial charge in [-0.15, -0.1) is 12.4 Å². The summed E-state index contributed by atoms with van der Waals surface area (Å²) in [6.07, 6.45) is 4.91. The number of nitrogens with one attached hydrogen (secondary N) is 1. The van der Waals surface area contributed by atoms with Crippen LogP contribution in [-0.2, 0) is 10.0 Å². The second-order valence-electron chi connectivity index (χ2n) is 6.61. The van der Waals surface area contributed by atoms with Crippen LogP contribution in [-0.4, -0.2) is 44.3 Å². The van der Waals surface area contributed by atoms with E-state index >= 15 is 0 Å². The monoisotopic (exact) mass is 387 g/mol. The minimum atomic E-state index is -3.64. The van der Waals surface area contributed by atoms with Gasteiger partial charge in [-0.05, 0) is 43.7 Å². The molecule has 1 heterocycles. The van der Waals surface area contributed by atoms with Crippen LogP contribution in [0.1, 0.15) is 42.5 Å². The Hall–Kier alpha value is -1.15. The van der Waals surface area contributed by atoms with Gasteiger partial charge in [-0.25, -0.2) is 8.42 Å². The summed E-state index contributed by atoms with van der Waals surface area (Å²) < 4.78 is 27.4. The molecule has 8 heteroatoms. The third-order valence-corrected chi connectivity index (χ3v) is 6.78. The van der Waals surface area contributed by atoms with Crippen LogP contribution in [0.15, 0.2) is 29.2 Å². The first-order chi connectivity index (χ1) is 11.5. The number of piperidine rings is 1. The maximum atomic E-state index is 12.9. The Bertz CT molecular complexity index is 701. The van der Waals surface area contributed by atoms with E-state index in [1.54, 1.807) is 18.2 Å². The molecular weight excluding hydrogens is 362 g/mol. The molecule has 3 N–H and O–H groups in total. The van der Waals surface area contributed by atoms with E-state index in [-0.39, 0.29) is 34.8 Å². The number of hydrogen-bond donors (Lipinski definition) is 2. The number of nitrogens with two attached hydrogens (primary N) is 1. The Labute approximate surface area is 155 Å². The van der Waals surface area contributed by atoms with Gasteiger partial charge in [0.2, 0.25) is 10.0 Å². The van der Waals surface area contributed by atoms with Crippen molar-refractivity contribution in [3.8, 4) is 0 Å². The smallest absolute Gasteiger partial charge is 0.252 e. The van der Waals surface area contributed by atoms with Crippen LogP contribution in [0.25, 0.3) is 0 Å². The van der Waals surface area contributed by atoms with Gasteiger partial charge < -0.3 is 11.1 Å². The number of amides is 1. The summed E-state index contributed by atoms with van der Waals surface area (Å²) in [5, 5.41) is 2.91. The van der Waals surface area contributed by atoms with Crippen molar-refractivity contribution < 1.29 is 13.2 Å². The first-order valence-electron chi connectivity index (χ1n) is 8.64. The lowest BCUT2D eigenvalue weighted by atomic mass is 10.1. The molecule has 1 atom stereocenters. The molecule has 0 bridgehead atoms. The second kappa shape index (κ2) is 8.49. The SMILES string of the molecule is Cl.NCC(NC(=O)c1ccccc1S(=O)(=O)N1CCCCC1)C1CC1. The maximum absolute atomic E-state index is 12.9. The van der Waals surface area contributed by atoms with Crippen LogP contribution in [0.4, 0.5) is 0 Å². The average molecular weight is 388 g/mol. The lowest BCUT2D eigenvalue weighted by Crippen LogP contribution is -2.42. The molecule has 1 aromatic rings. The van der Waals surface area contributed by atoms with Crippen LogP contribution in [0, 0.1) is 5.92 Å². The molecule has 6 nitrogen and oxygen atoms in total. The van der Waals surface area contributed by atoms with E-state index in [0.717, 1.165) is 32.1 Å². The quantitative estimate of drug-likeness (QED) is 0.777. The van der Waals surface area contributed by atoms with Crippen LogP contribution in [0.5, 0.6) is 0 Å². The molecule has 0 radical (unpaired) electrons. The molecule has 1 saturated carbocycles. The molecule has 140 valence electrons. The van der Waals surface area contributed by atoms with Gasteiger partial charge >= 0.3 is 0 Å². The molecular formula is C17H26ClN3O3S. The third-order valence-electron chi connectivity index (χ3n) is 4.83. The number of carbonyl (C=O) groups excluding carboxylic acids is 1. The first-order valence-corrected chi connectivity index (χ1v) is 10.1. The number of sulfonamides is 1. The Morgan fingerprint density at radius 3 is 2.44 bits per heavy atom. The van der Waals surface area contributed by atoms with E-state index in [4.69, 9.17) is 5.73 Å². The molecule has 1 aliphatic heterocycles. The van der Waals surface area contributed by atoms with E-state index in [2.05, 4.69) is 5.32 Å². The largest absolute Gasteiger partial charge is 0.348 e. The highest BCUT2D eigenvalue weighted by molar-refractivity contribution is 7.89. The van der Waals surface area contributed by atoms with E-state index in [1.165, 1.54) is 10.4 Å². The second-order valence-corrected chi connectivity index (χ2v) is 8.52. The number of nitrogens with zero attached hydrogens (tertiary/aromatic N) is 1. The zero-order chi connectivity index (χ0) is 17.2. The number of hydrogen-bond acceptors (Lipinski definition) is 4. The van der Waals surface area contributed by atoms with Crippen molar-refractivity contribution in [2.24, 2.45) is 11.7 Å². The Morgan fingerprint density at radius 2 is 1.84 bits per heavy atom. The van der Waals surface area contributed by atoms with Crippen LogP contribution < -0.4 is 11.1 Å². The molecule has 2 aliphatic rings. The van der Waals surface area contributed by atoms with Crippen molar-refractivity contribution in [1.29, 1.82) is 0 Å². The highest BCUT2D eigenvalue weighted by Gasteiger charge is 2.33. The molecule has 25 heavy (non-hydrogen) atoms. The number of halogens is 1. The zero-order valence-electron chi connectivity index (χ0n) is 14.2. The normalized spacial score (nSPS) is 19.7. The van der Waals surface area contributed by atoms with Crippen molar-refractivity contribution in [3.63, 3.8) is 0 Å². The highest BCUT2D eigenvalue weighted by atomic mass is 35.5. The lowest BCUT2D eigenvalue weighted by molar-refractivity contribution is 0.0930. The third kappa shape index (κ3) is 4.53. The Balaban J connectivity index is 0.00000225. The number of benzene rings is 1. The molecule has 0 aromatic heterocycles. The summed E-state index contributed by atoms with van der Waals surface area (Å²) in [6, 6.07) is 6.37. The summed E-state index contributed by atoms with van der Waals surface area (Å²) in [4.78, 5) is 12.7. The van der Waals surface area contributed by atoms with Gasteiger partial charge in [0, 0.05) is 25.7 Å². The van der Waals surface area contributed by atoms with Crippen molar-refractivity contribution in [1.82, 2.24) is 9.62 Å². The van der Waals surface area contributed by atoms with Gasteiger partial charge in [0.05, 0.1) is 10.5 Å². The molecule has 3 rings (SSSR count). The average Bonchev–Trinajstić information content (AvgIpc) is 3.45. The van der Waals surface area contributed by atoms with E-state index in [1.807, 2.05) is 0 Å². The van der Waals surface area contributed by atoms with Crippen molar-refractivity contribution in [3.05, 3.63) is 29.8 Å². The van der Waals surface area contributed by atoms with Crippen LogP contribution in [0.2, 0.25) is 0 Å². The summed E-state index contributed by atoms with van der Waals surface area (Å²) >= 11 is 0. The van der Waals surface area contributed by atoms with E-state index < -0.39 is 10.0 Å². The number of rotatable bonds is 6. The minimum absolute atomic E-state index is 0. The fourth-order valence-corrected chi connectivity index (χ4v) is 4.94. The fourth-order valence-electron chi connectivity index (χ4n) is 3.24. The van der Waals surface area contributed by atoms with Gasteiger partial charge in [-0.2, -0.15) is 4.31 Å². The molecule has 1 unspecified atom stereocenters. The molecule has 1 aromatic carbocycles. The zero-order valence-corrected chi connectivity index (χ0v) is 15.8. The summed E-state index contributed by atoms with van der Waals surface area (Å²) in [6.45, 7) is 1.41. The van der Waals surface area contributed by atoms with Gasteiger partial charge in [-0.3, -0.25) is 4.79 Å². The lowest BCUT2D eigenvalue weighted by Gasteiger charge is -2.27. The summed E-state index contributed by atoms with van der Waals surface area (Å²) in [5.41, 5.74) is 5.95. The fraction of sp³-hybridized carbons (Fsp3) is 0.588. The Morgan fingerprint density at radius 1 is 1.20 bits per heavy atom. The van der Waals surface area contributed by atoms with Crippen molar-refractivity contribution in [2.75, 3.05) is 19.6 Å². The van der Waals surface area contributed by atoms with Crippen LogP contribution in [0.3, 0.4) is 0 Å². The maximum Gasteiger partial charge on any atom is 0.252 e. The van der Waals surface area contributed by atoms with E-state index in [0.29, 0.717) is 25.6 Å². The van der Waals surface area contributed by atoms with Crippen molar-refractivity contribution >= 4 is 28.3 Å². The first kappa shape index (κ1) is 20.2. The minimum Gasteiger partial charge on any atom is -0.348 e. The standard InChI is InChI=1S/C17H25N3O3S.ClH/c18-12-15(13-8-9-13)19-17(21)14-6-2-3-7-16(14)24(22,23)20-10-4-1-5-11-20;/h2-3,6-7,13,15H,1,4-5,8-12,18H2,(H,19,21);1H. The molecule has 1 saturated heterocycles. The van der Waals surface area contributed by atoms with Gasteiger partial charge in [0.15, 0.2) is 0 Å². The van der Waals surface area contributed by atoms with Gasteiger partial charge in [0.25, 0.3) is 5.91 Å². The summed E-state index contributed by atoms with van der Waals surface area (Å²) in [5.74, 6) is 0.0679. The Kier molecular flexibility index (Phi) is 6.85. The topological polar surface area (TPSA) is 92.5 Å². The predicted octanol–water partition coefficient (Wildman–Crippen LogP) is 1.75. The summed E-state index contributed by atoms with van der Waals surface area (Å²) in [7, 11) is -3.64. The van der Waals surface area contributed by atoms with Crippen molar-refractivity contribution in [2.45, 2.75) is 43.0 Å². The van der Waals surface area contributed by atoms with Crippen LogP contribution >= 0.6 is 12.4 Å². The van der Waals surface area contributed by atoms with Gasteiger partial charge in [-0.1, -0.05) is 18.6 Å². The molecule has 1 amide bonds. The highest BCUT2D eigenvalue weighted by Crippen LogP contribution is 2.32. The molecule has 2 fully saturated rings. The molecule has 1 aliphatic carbocycles. The number of carbonyl (C=O) groups is 1. The predicted molar refractivity (Wildman–Crippen MR) is 99.3 cm³/mol. The molecule has 0 spiro atoms. The van der Waals surface area contributed by atoms with E-state index in [9.17, 15) is 13.2 Å². The van der Waals surface area contributed by atoms with Gasteiger partial charge in [0.1, 0.15) is 0 Å².